The zero-order chi connectivity index (χ0) is 24.1. The maximum atomic E-state index is 12.5. The largest absolute Gasteiger partial charge is 0.457 e. The number of rotatable bonds is 8. The molecule has 0 bridgehead atoms. The Morgan fingerprint density at radius 3 is 2.56 bits per heavy atom. The summed E-state index contributed by atoms with van der Waals surface area (Å²) in [5.41, 5.74) is 12.5. The van der Waals surface area contributed by atoms with E-state index in [9.17, 15) is 4.79 Å². The molecule has 0 aliphatic carbocycles. The van der Waals surface area contributed by atoms with Gasteiger partial charge in [-0.15, -0.1) is 0 Å². The van der Waals surface area contributed by atoms with Gasteiger partial charge in [0.25, 0.3) is 0 Å². The molecule has 0 amide bonds. The molecule has 4 aromatic rings. The highest BCUT2D eigenvalue weighted by Gasteiger charge is 2.15. The van der Waals surface area contributed by atoms with Crippen LogP contribution in [0.1, 0.15) is 38.5 Å². The zero-order valence-corrected chi connectivity index (χ0v) is 19.5. The summed E-state index contributed by atoms with van der Waals surface area (Å²) in [5.74, 6) is -0.370. The van der Waals surface area contributed by atoms with Crippen LogP contribution in [0, 0.1) is 13.8 Å². The molecule has 0 radical (unpaired) electrons. The summed E-state index contributed by atoms with van der Waals surface area (Å²) in [4.78, 5) is 16.6. The molecule has 0 saturated carbocycles. The highest BCUT2D eigenvalue weighted by Crippen LogP contribution is 2.26. The lowest BCUT2D eigenvalue weighted by Gasteiger charge is -2.20. The minimum absolute atomic E-state index is 0.0556. The maximum Gasteiger partial charge on any atom is 0.338 e. The number of nitrogens with one attached hydrogen (secondary N) is 1. The van der Waals surface area contributed by atoms with Gasteiger partial charge in [0.15, 0.2) is 0 Å². The van der Waals surface area contributed by atoms with E-state index in [-0.39, 0.29) is 18.5 Å². The third kappa shape index (κ3) is 5.33. The Kier molecular flexibility index (Phi) is 7.04. The molecule has 5 nitrogen and oxygen atoms in total. The standard InChI is InChI=1S/C29H29N3O2/c1-19-4-11-27(20(2)14-19)29(33)34-18-22-5-7-23(8-6-22)28(16-30)21(3)32-26-10-9-25-17-31-13-12-24(25)15-26/h4-15,17,28,32H,3,16,18,30H2,1-2H3. The van der Waals surface area contributed by atoms with E-state index in [1.54, 1.807) is 6.20 Å². The number of anilines is 1. The Bertz CT molecular complexity index is 1330. The van der Waals surface area contributed by atoms with Gasteiger partial charge in [0.2, 0.25) is 0 Å². The fourth-order valence-corrected chi connectivity index (χ4v) is 4.03. The van der Waals surface area contributed by atoms with Gasteiger partial charge >= 0.3 is 5.97 Å². The summed E-state index contributed by atoms with van der Waals surface area (Å²) in [6.07, 6.45) is 3.63. The van der Waals surface area contributed by atoms with Crippen LogP contribution >= 0.6 is 0 Å². The van der Waals surface area contributed by atoms with E-state index in [1.165, 1.54) is 0 Å². The number of nitrogens with two attached hydrogens (primary N) is 1. The predicted octanol–water partition coefficient (Wildman–Crippen LogP) is 5.88. The molecule has 0 aliphatic rings. The van der Waals surface area contributed by atoms with E-state index < -0.39 is 0 Å². The summed E-state index contributed by atoms with van der Waals surface area (Å²) in [6.45, 7) is 8.79. The van der Waals surface area contributed by atoms with Crippen molar-refractivity contribution in [2.24, 2.45) is 5.73 Å². The van der Waals surface area contributed by atoms with Crippen molar-refractivity contribution in [1.82, 2.24) is 4.98 Å². The number of ether oxygens (including phenoxy) is 1. The molecule has 0 saturated heterocycles. The van der Waals surface area contributed by atoms with Gasteiger partial charge < -0.3 is 15.8 Å². The molecular formula is C29H29N3O2. The van der Waals surface area contributed by atoms with Crippen molar-refractivity contribution in [3.8, 4) is 0 Å². The maximum absolute atomic E-state index is 12.5. The normalized spacial score (nSPS) is 11.7. The lowest BCUT2D eigenvalue weighted by Crippen LogP contribution is -2.18. The van der Waals surface area contributed by atoms with E-state index >= 15 is 0 Å². The van der Waals surface area contributed by atoms with Crippen molar-refractivity contribution in [2.45, 2.75) is 26.4 Å². The number of fused-ring (bicyclic) bond motifs is 1. The van der Waals surface area contributed by atoms with Crippen LogP contribution in [0.3, 0.4) is 0 Å². The second-order valence-corrected chi connectivity index (χ2v) is 8.51. The second kappa shape index (κ2) is 10.3. The monoisotopic (exact) mass is 451 g/mol. The van der Waals surface area contributed by atoms with Gasteiger partial charge in [-0.1, -0.05) is 54.6 Å². The van der Waals surface area contributed by atoms with Crippen LogP contribution in [0.15, 0.2) is 91.4 Å². The number of esters is 1. The van der Waals surface area contributed by atoms with Crippen LogP contribution in [-0.4, -0.2) is 17.5 Å². The van der Waals surface area contributed by atoms with Crippen molar-refractivity contribution in [3.63, 3.8) is 0 Å². The lowest BCUT2D eigenvalue weighted by molar-refractivity contribution is 0.0472. The summed E-state index contributed by atoms with van der Waals surface area (Å²) in [7, 11) is 0. The first-order valence-electron chi connectivity index (χ1n) is 11.3. The Balaban J connectivity index is 1.39. The quantitative estimate of drug-likeness (QED) is 0.327. The second-order valence-electron chi connectivity index (χ2n) is 8.51. The predicted molar refractivity (Wildman–Crippen MR) is 138 cm³/mol. The number of aromatic nitrogens is 1. The SMILES string of the molecule is C=C(Nc1ccc2cnccc2c1)C(CN)c1ccc(COC(=O)c2ccc(C)cc2C)cc1. The van der Waals surface area contributed by atoms with Crippen molar-refractivity contribution in [1.29, 1.82) is 0 Å². The lowest BCUT2D eigenvalue weighted by atomic mass is 9.95. The first kappa shape index (κ1) is 23.2. The minimum Gasteiger partial charge on any atom is -0.457 e. The van der Waals surface area contributed by atoms with Crippen molar-refractivity contribution < 1.29 is 9.53 Å². The van der Waals surface area contributed by atoms with Crippen LogP contribution in [0.4, 0.5) is 5.69 Å². The van der Waals surface area contributed by atoms with Gasteiger partial charge in [0.05, 0.1) is 5.56 Å². The van der Waals surface area contributed by atoms with Gasteiger partial charge in [0, 0.05) is 41.6 Å². The Labute approximate surface area is 200 Å². The molecule has 1 unspecified atom stereocenters. The Hall–Kier alpha value is -3.96. The van der Waals surface area contributed by atoms with Crippen LogP contribution in [0.2, 0.25) is 0 Å². The highest BCUT2D eigenvalue weighted by atomic mass is 16.5. The molecule has 4 rings (SSSR count). The number of hydrogen-bond donors (Lipinski definition) is 2. The molecule has 34 heavy (non-hydrogen) atoms. The molecule has 1 aromatic heterocycles. The first-order chi connectivity index (χ1) is 16.4. The summed E-state index contributed by atoms with van der Waals surface area (Å²) in [6, 6.07) is 21.8. The van der Waals surface area contributed by atoms with Gasteiger partial charge in [-0.3, -0.25) is 4.98 Å². The van der Waals surface area contributed by atoms with Crippen molar-refractivity contribution in [2.75, 3.05) is 11.9 Å². The number of hydrogen-bond acceptors (Lipinski definition) is 5. The van der Waals surface area contributed by atoms with E-state index in [0.29, 0.717) is 12.1 Å². The van der Waals surface area contributed by atoms with Crippen molar-refractivity contribution >= 4 is 22.4 Å². The van der Waals surface area contributed by atoms with Gasteiger partial charge in [-0.05, 0) is 60.2 Å². The third-order valence-electron chi connectivity index (χ3n) is 5.96. The number of benzene rings is 3. The van der Waals surface area contributed by atoms with E-state index in [1.807, 2.05) is 80.7 Å². The van der Waals surface area contributed by atoms with Crippen LogP contribution < -0.4 is 11.1 Å². The molecule has 0 aliphatic heterocycles. The molecule has 5 heteroatoms. The van der Waals surface area contributed by atoms with E-state index in [4.69, 9.17) is 10.5 Å². The fraction of sp³-hybridized carbons (Fsp3) is 0.172. The Morgan fingerprint density at radius 1 is 1.03 bits per heavy atom. The zero-order valence-electron chi connectivity index (χ0n) is 19.5. The van der Waals surface area contributed by atoms with Gasteiger partial charge in [0.1, 0.15) is 6.61 Å². The molecule has 3 N–H and O–H groups in total. The fourth-order valence-electron chi connectivity index (χ4n) is 4.03. The van der Waals surface area contributed by atoms with Crippen LogP contribution in [-0.2, 0) is 11.3 Å². The minimum atomic E-state index is -0.315. The molecule has 0 fully saturated rings. The molecule has 3 aromatic carbocycles. The summed E-state index contributed by atoms with van der Waals surface area (Å²) < 4.78 is 5.53. The molecule has 172 valence electrons. The van der Waals surface area contributed by atoms with E-state index in [2.05, 4.69) is 22.9 Å². The highest BCUT2D eigenvalue weighted by molar-refractivity contribution is 5.91. The number of pyridine rings is 1. The molecule has 0 spiro atoms. The van der Waals surface area contributed by atoms with Gasteiger partial charge in [-0.2, -0.15) is 0 Å². The average Bonchev–Trinajstić information content (AvgIpc) is 2.83. The topological polar surface area (TPSA) is 77.2 Å². The van der Waals surface area contributed by atoms with Gasteiger partial charge in [-0.25, -0.2) is 4.79 Å². The summed E-state index contributed by atoms with van der Waals surface area (Å²) >= 11 is 0. The number of nitrogens with zero attached hydrogens (tertiary/aromatic N) is 1. The molecule has 1 heterocycles. The van der Waals surface area contributed by atoms with Crippen LogP contribution in [0.5, 0.6) is 0 Å². The summed E-state index contributed by atoms with van der Waals surface area (Å²) in [5, 5.41) is 5.60. The van der Waals surface area contributed by atoms with Crippen molar-refractivity contribution in [3.05, 3.63) is 119 Å². The Morgan fingerprint density at radius 2 is 1.82 bits per heavy atom. The average molecular weight is 452 g/mol. The third-order valence-corrected chi connectivity index (χ3v) is 5.96. The smallest absolute Gasteiger partial charge is 0.338 e. The number of aryl methyl sites for hydroxylation is 2. The number of carbonyl (C=O) groups is 1. The van der Waals surface area contributed by atoms with Crippen LogP contribution in [0.25, 0.3) is 10.8 Å². The number of carbonyl (C=O) groups excluding carboxylic acids is 1. The molecule has 1 atom stereocenters. The van der Waals surface area contributed by atoms with E-state index in [0.717, 1.165) is 44.4 Å². The first-order valence-corrected chi connectivity index (χ1v) is 11.3. The molecular weight excluding hydrogens is 422 g/mol.